The van der Waals surface area contributed by atoms with Crippen molar-refractivity contribution in [1.29, 1.82) is 0 Å². The third-order valence-electron chi connectivity index (χ3n) is 2.67. The number of carbonyl (C=O) groups is 1. The summed E-state index contributed by atoms with van der Waals surface area (Å²) in [6.45, 7) is 0.272. The fourth-order valence-corrected chi connectivity index (χ4v) is 3.03. The summed E-state index contributed by atoms with van der Waals surface area (Å²) in [5, 5.41) is 8.95. The molecule has 0 saturated heterocycles. The van der Waals surface area contributed by atoms with Crippen LogP contribution in [0.25, 0.3) is 10.4 Å². The lowest BCUT2D eigenvalue weighted by Gasteiger charge is -2.17. The number of rotatable bonds is 1. The average Bonchev–Trinajstić information content (AvgIpc) is 2.75. The Hall–Kier alpha value is -1.59. The zero-order chi connectivity index (χ0) is 12.9. The second kappa shape index (κ2) is 3.96. The molecule has 6 heteroatoms. The zero-order valence-electron chi connectivity index (χ0n) is 8.87. The maximum absolute atomic E-state index is 13.5. The molecule has 18 heavy (non-hydrogen) atoms. The van der Waals surface area contributed by atoms with E-state index in [1.165, 1.54) is 12.1 Å². The van der Waals surface area contributed by atoms with Gasteiger partial charge in [-0.25, -0.2) is 9.18 Å². The number of carboxylic acids is 1. The molecule has 3 nitrogen and oxygen atoms in total. The number of benzene rings is 1. The molecule has 0 radical (unpaired) electrons. The molecule has 0 atom stereocenters. The maximum Gasteiger partial charge on any atom is 0.345 e. The first-order chi connectivity index (χ1) is 8.56. The molecular weight excluding hydrogens is 279 g/mol. The van der Waals surface area contributed by atoms with E-state index in [0.29, 0.717) is 11.3 Å². The number of carboxylic acid groups (broad SMARTS) is 1. The zero-order valence-corrected chi connectivity index (χ0v) is 10.4. The Kier molecular flexibility index (Phi) is 2.53. The van der Waals surface area contributed by atoms with Crippen molar-refractivity contribution in [3.8, 4) is 16.2 Å². The van der Waals surface area contributed by atoms with Gasteiger partial charge in [-0.15, -0.1) is 11.3 Å². The molecule has 2 aromatic rings. The van der Waals surface area contributed by atoms with Crippen LogP contribution in [-0.2, 0) is 6.61 Å². The molecule has 0 saturated carbocycles. The van der Waals surface area contributed by atoms with Crippen LogP contribution < -0.4 is 4.74 Å². The largest absolute Gasteiger partial charge is 0.488 e. The van der Waals surface area contributed by atoms with Crippen LogP contribution in [0.15, 0.2) is 18.2 Å². The summed E-state index contributed by atoms with van der Waals surface area (Å²) in [5.41, 5.74) is 1.31. The van der Waals surface area contributed by atoms with Crippen molar-refractivity contribution >= 4 is 28.9 Å². The highest BCUT2D eigenvalue weighted by molar-refractivity contribution is 7.17. The Morgan fingerprint density at radius 2 is 2.22 bits per heavy atom. The minimum Gasteiger partial charge on any atom is -0.488 e. The molecule has 2 heterocycles. The van der Waals surface area contributed by atoms with Gasteiger partial charge in [0.25, 0.3) is 0 Å². The average molecular weight is 285 g/mol. The third kappa shape index (κ3) is 1.67. The van der Waals surface area contributed by atoms with Crippen molar-refractivity contribution < 1.29 is 19.0 Å². The van der Waals surface area contributed by atoms with Crippen LogP contribution in [0, 0.1) is 5.82 Å². The molecule has 1 aromatic carbocycles. The standard InChI is InChI=1S/C12H6ClFO3S/c13-7-3-9-6(2-8(7)14)11-5(4-17-9)1-10(18-11)12(15)16/h1-3H,4H2,(H,15,16). The molecule has 0 fully saturated rings. The predicted molar refractivity (Wildman–Crippen MR) is 66.0 cm³/mol. The summed E-state index contributed by atoms with van der Waals surface area (Å²) in [6, 6.07) is 4.24. The van der Waals surface area contributed by atoms with Gasteiger partial charge in [0, 0.05) is 22.1 Å². The van der Waals surface area contributed by atoms with E-state index in [4.69, 9.17) is 21.4 Å². The van der Waals surface area contributed by atoms with E-state index in [1.807, 2.05) is 0 Å². The lowest BCUT2D eigenvalue weighted by molar-refractivity contribution is 0.0702. The van der Waals surface area contributed by atoms with E-state index in [0.717, 1.165) is 21.8 Å². The van der Waals surface area contributed by atoms with E-state index in [9.17, 15) is 9.18 Å². The van der Waals surface area contributed by atoms with Crippen molar-refractivity contribution in [2.45, 2.75) is 6.61 Å². The fraction of sp³-hybridized carbons (Fsp3) is 0.0833. The summed E-state index contributed by atoms with van der Waals surface area (Å²) in [4.78, 5) is 11.9. The van der Waals surface area contributed by atoms with E-state index in [1.54, 1.807) is 6.07 Å². The quantitative estimate of drug-likeness (QED) is 0.866. The smallest absolute Gasteiger partial charge is 0.345 e. The van der Waals surface area contributed by atoms with E-state index in [-0.39, 0.29) is 16.5 Å². The summed E-state index contributed by atoms with van der Waals surface area (Å²) in [6.07, 6.45) is 0. The number of ether oxygens (including phenoxy) is 1. The fourth-order valence-electron chi connectivity index (χ4n) is 1.85. The number of hydrogen-bond donors (Lipinski definition) is 1. The highest BCUT2D eigenvalue weighted by Crippen LogP contribution is 2.44. The topological polar surface area (TPSA) is 46.5 Å². The molecule has 0 amide bonds. The molecule has 1 aliphatic heterocycles. The summed E-state index contributed by atoms with van der Waals surface area (Å²) < 4.78 is 18.9. The van der Waals surface area contributed by atoms with Crippen LogP contribution in [0.2, 0.25) is 5.02 Å². The molecule has 1 aliphatic rings. The van der Waals surface area contributed by atoms with Gasteiger partial charge in [0.05, 0.1) is 5.02 Å². The second-order valence-corrected chi connectivity index (χ2v) is 5.28. The highest BCUT2D eigenvalue weighted by Gasteiger charge is 2.24. The monoisotopic (exact) mass is 284 g/mol. The Morgan fingerprint density at radius 1 is 1.44 bits per heavy atom. The van der Waals surface area contributed by atoms with E-state index < -0.39 is 11.8 Å². The van der Waals surface area contributed by atoms with Crippen LogP contribution in [0.4, 0.5) is 4.39 Å². The molecular formula is C12H6ClFO3S. The molecule has 0 bridgehead atoms. The van der Waals surface area contributed by atoms with E-state index in [2.05, 4.69) is 0 Å². The van der Waals surface area contributed by atoms with Crippen LogP contribution >= 0.6 is 22.9 Å². The first-order valence-corrected chi connectivity index (χ1v) is 6.24. The molecule has 0 spiro atoms. The maximum atomic E-state index is 13.5. The number of fused-ring (bicyclic) bond motifs is 3. The number of thiophene rings is 1. The molecule has 1 N–H and O–H groups in total. The summed E-state index contributed by atoms with van der Waals surface area (Å²) in [7, 11) is 0. The van der Waals surface area contributed by atoms with Crippen LogP contribution in [0.1, 0.15) is 15.2 Å². The highest BCUT2D eigenvalue weighted by atomic mass is 35.5. The lowest BCUT2D eigenvalue weighted by atomic mass is 10.1. The SMILES string of the molecule is O=C(O)c1cc2c(s1)-c1cc(F)c(Cl)cc1OC2. The van der Waals surface area contributed by atoms with Gasteiger partial charge in [-0.3, -0.25) is 0 Å². The minimum absolute atomic E-state index is 0.00721. The molecule has 0 unspecified atom stereocenters. The lowest BCUT2D eigenvalue weighted by Crippen LogP contribution is -2.03. The minimum atomic E-state index is -0.995. The van der Waals surface area contributed by atoms with Crippen LogP contribution in [0.5, 0.6) is 5.75 Å². The molecule has 92 valence electrons. The van der Waals surface area contributed by atoms with E-state index >= 15 is 0 Å². The second-order valence-electron chi connectivity index (χ2n) is 3.82. The van der Waals surface area contributed by atoms with Crippen molar-refractivity contribution in [3.63, 3.8) is 0 Å². The summed E-state index contributed by atoms with van der Waals surface area (Å²) in [5.74, 6) is -1.06. The van der Waals surface area contributed by atoms with Crippen molar-refractivity contribution in [1.82, 2.24) is 0 Å². The third-order valence-corrected chi connectivity index (χ3v) is 4.16. The van der Waals surface area contributed by atoms with Gasteiger partial charge >= 0.3 is 5.97 Å². The van der Waals surface area contributed by atoms with Gasteiger partial charge in [0.1, 0.15) is 23.1 Å². The Balaban J connectivity index is 2.21. The van der Waals surface area contributed by atoms with Gasteiger partial charge in [-0.1, -0.05) is 11.6 Å². The molecule has 3 rings (SSSR count). The number of aromatic carboxylic acids is 1. The Labute approximate surface area is 110 Å². The van der Waals surface area contributed by atoms with Gasteiger partial charge in [-0.05, 0) is 12.1 Å². The van der Waals surface area contributed by atoms with Gasteiger partial charge in [0.15, 0.2) is 0 Å². The summed E-state index contributed by atoms with van der Waals surface area (Å²) >= 11 is 6.79. The van der Waals surface area contributed by atoms with Crippen LogP contribution in [-0.4, -0.2) is 11.1 Å². The molecule has 1 aromatic heterocycles. The Bertz CT molecular complexity index is 666. The first-order valence-electron chi connectivity index (χ1n) is 5.04. The van der Waals surface area contributed by atoms with Gasteiger partial charge in [0.2, 0.25) is 0 Å². The van der Waals surface area contributed by atoms with Crippen LogP contribution in [0.3, 0.4) is 0 Å². The molecule has 0 aliphatic carbocycles. The number of hydrogen-bond acceptors (Lipinski definition) is 3. The van der Waals surface area contributed by atoms with Gasteiger partial charge in [-0.2, -0.15) is 0 Å². The normalized spacial score (nSPS) is 12.6. The van der Waals surface area contributed by atoms with Crippen molar-refractivity contribution in [3.05, 3.63) is 39.5 Å². The van der Waals surface area contributed by atoms with Gasteiger partial charge < -0.3 is 9.84 Å². The van der Waals surface area contributed by atoms with Crippen molar-refractivity contribution in [2.75, 3.05) is 0 Å². The predicted octanol–water partition coefficient (Wildman–Crippen LogP) is 3.80. The first kappa shape index (κ1) is 11.5. The number of halogens is 2. The van der Waals surface area contributed by atoms with Crippen molar-refractivity contribution in [2.24, 2.45) is 0 Å². The Morgan fingerprint density at radius 3 is 2.94 bits per heavy atom.